The third kappa shape index (κ3) is 4.91. The first kappa shape index (κ1) is 18.2. The van der Waals surface area contributed by atoms with E-state index in [0.717, 1.165) is 11.3 Å². The predicted octanol–water partition coefficient (Wildman–Crippen LogP) is 1.66. The zero-order chi connectivity index (χ0) is 17.0. The zero-order valence-electron chi connectivity index (χ0n) is 14.2. The molecule has 23 heavy (non-hydrogen) atoms. The van der Waals surface area contributed by atoms with Gasteiger partial charge in [0.15, 0.2) is 0 Å². The van der Waals surface area contributed by atoms with Crippen molar-refractivity contribution in [2.75, 3.05) is 33.3 Å². The molecule has 0 N–H and O–H groups in total. The first-order valence-electron chi connectivity index (χ1n) is 7.85. The van der Waals surface area contributed by atoms with Gasteiger partial charge in [-0.3, -0.25) is 0 Å². The zero-order valence-corrected chi connectivity index (χ0v) is 15.0. The molecule has 1 aromatic rings. The van der Waals surface area contributed by atoms with Crippen LogP contribution in [0.2, 0.25) is 0 Å². The highest BCUT2D eigenvalue weighted by atomic mass is 32.2. The Labute approximate surface area is 139 Å². The van der Waals surface area contributed by atoms with Crippen LogP contribution in [0.3, 0.4) is 0 Å². The normalized spacial score (nSPS) is 23.2. The van der Waals surface area contributed by atoms with Gasteiger partial charge in [-0.25, -0.2) is 0 Å². The van der Waals surface area contributed by atoms with E-state index >= 15 is 0 Å². The van der Waals surface area contributed by atoms with E-state index in [2.05, 4.69) is 0 Å². The molecule has 0 amide bonds. The summed E-state index contributed by atoms with van der Waals surface area (Å²) in [5, 5.41) is 0. The van der Waals surface area contributed by atoms with Gasteiger partial charge in [-0.2, -0.15) is 17.0 Å². The number of rotatable bonds is 6. The minimum atomic E-state index is -3.48. The lowest BCUT2D eigenvalue weighted by Crippen LogP contribution is -2.52. The number of nitrogens with zero attached hydrogens (tertiary/aromatic N) is 2. The maximum absolute atomic E-state index is 12.6. The standard InChI is InChI=1S/C16H26N2O4S/c1-13-6-5-7-16(10-13)21-9-8-17(4)23(19,20)18-11-14(2)22-15(3)12-18/h5-7,10,14-15H,8-9,11-12H2,1-4H3. The molecular weight excluding hydrogens is 316 g/mol. The monoisotopic (exact) mass is 342 g/mol. The Morgan fingerprint density at radius 2 is 1.96 bits per heavy atom. The van der Waals surface area contributed by atoms with Crippen molar-refractivity contribution in [2.24, 2.45) is 0 Å². The molecule has 1 aliphatic rings. The van der Waals surface area contributed by atoms with Gasteiger partial charge in [0.2, 0.25) is 0 Å². The molecule has 7 heteroatoms. The fourth-order valence-corrected chi connectivity index (χ4v) is 4.12. The predicted molar refractivity (Wildman–Crippen MR) is 89.8 cm³/mol. The first-order chi connectivity index (χ1) is 10.8. The van der Waals surface area contributed by atoms with E-state index in [1.165, 1.54) is 8.61 Å². The minimum absolute atomic E-state index is 0.0922. The second-order valence-corrected chi connectivity index (χ2v) is 8.10. The molecular formula is C16H26N2O4S. The number of hydrogen-bond acceptors (Lipinski definition) is 4. The van der Waals surface area contributed by atoms with Gasteiger partial charge < -0.3 is 9.47 Å². The Kier molecular flexibility index (Phi) is 6.02. The van der Waals surface area contributed by atoms with E-state index in [-0.39, 0.29) is 12.2 Å². The van der Waals surface area contributed by atoms with Gasteiger partial charge in [-0.05, 0) is 38.5 Å². The van der Waals surface area contributed by atoms with Crippen LogP contribution in [0.25, 0.3) is 0 Å². The lowest BCUT2D eigenvalue weighted by Gasteiger charge is -2.36. The average Bonchev–Trinajstić information content (AvgIpc) is 2.46. The summed E-state index contributed by atoms with van der Waals surface area (Å²) < 4.78 is 39.3. The van der Waals surface area contributed by atoms with Crippen LogP contribution in [-0.2, 0) is 14.9 Å². The van der Waals surface area contributed by atoms with Gasteiger partial charge >= 0.3 is 0 Å². The van der Waals surface area contributed by atoms with Gasteiger partial charge in [0.1, 0.15) is 12.4 Å². The van der Waals surface area contributed by atoms with Crippen molar-refractivity contribution in [3.8, 4) is 5.75 Å². The second-order valence-electron chi connectivity index (χ2n) is 6.07. The van der Waals surface area contributed by atoms with Crippen molar-refractivity contribution in [3.63, 3.8) is 0 Å². The Morgan fingerprint density at radius 1 is 1.30 bits per heavy atom. The summed E-state index contributed by atoms with van der Waals surface area (Å²) in [5.74, 6) is 0.754. The third-order valence-electron chi connectivity index (χ3n) is 3.77. The van der Waals surface area contributed by atoms with E-state index < -0.39 is 10.2 Å². The summed E-state index contributed by atoms with van der Waals surface area (Å²) in [7, 11) is -1.90. The maximum atomic E-state index is 12.6. The minimum Gasteiger partial charge on any atom is -0.492 e. The smallest absolute Gasteiger partial charge is 0.282 e. The largest absolute Gasteiger partial charge is 0.492 e. The Hall–Kier alpha value is -1.15. The highest BCUT2D eigenvalue weighted by Gasteiger charge is 2.33. The van der Waals surface area contributed by atoms with Crippen LogP contribution in [-0.4, -0.2) is 62.5 Å². The van der Waals surface area contributed by atoms with E-state index in [4.69, 9.17) is 9.47 Å². The van der Waals surface area contributed by atoms with Crippen molar-refractivity contribution in [3.05, 3.63) is 29.8 Å². The molecule has 0 saturated carbocycles. The lowest BCUT2D eigenvalue weighted by atomic mass is 10.2. The summed E-state index contributed by atoms with van der Waals surface area (Å²) in [6, 6.07) is 7.71. The Morgan fingerprint density at radius 3 is 2.57 bits per heavy atom. The summed E-state index contributed by atoms with van der Waals surface area (Å²) in [5.41, 5.74) is 1.11. The molecule has 0 aromatic heterocycles. The molecule has 1 saturated heterocycles. The van der Waals surface area contributed by atoms with E-state index in [1.807, 2.05) is 45.0 Å². The van der Waals surface area contributed by atoms with E-state index in [1.54, 1.807) is 7.05 Å². The fraction of sp³-hybridized carbons (Fsp3) is 0.625. The molecule has 2 rings (SSSR count). The molecule has 0 radical (unpaired) electrons. The summed E-state index contributed by atoms with van der Waals surface area (Å²) >= 11 is 0. The summed E-state index contributed by atoms with van der Waals surface area (Å²) in [6.07, 6.45) is -0.184. The highest BCUT2D eigenvalue weighted by molar-refractivity contribution is 7.86. The van der Waals surface area contributed by atoms with Crippen LogP contribution in [0.15, 0.2) is 24.3 Å². The Balaban J connectivity index is 1.89. The summed E-state index contributed by atoms with van der Waals surface area (Å²) in [4.78, 5) is 0. The molecule has 1 heterocycles. The second kappa shape index (κ2) is 7.61. The average molecular weight is 342 g/mol. The molecule has 130 valence electrons. The van der Waals surface area contributed by atoms with Crippen LogP contribution in [0.4, 0.5) is 0 Å². The lowest BCUT2D eigenvalue weighted by molar-refractivity contribution is -0.0453. The van der Waals surface area contributed by atoms with Crippen LogP contribution < -0.4 is 4.74 Å². The van der Waals surface area contributed by atoms with Crippen molar-refractivity contribution in [2.45, 2.75) is 33.0 Å². The molecule has 1 aromatic carbocycles. The molecule has 2 atom stereocenters. The van der Waals surface area contributed by atoms with Crippen molar-refractivity contribution in [1.82, 2.24) is 8.61 Å². The molecule has 0 spiro atoms. The van der Waals surface area contributed by atoms with E-state index in [9.17, 15) is 8.42 Å². The number of ether oxygens (including phenoxy) is 2. The van der Waals surface area contributed by atoms with Gasteiger partial charge in [-0.15, -0.1) is 0 Å². The number of aryl methyl sites for hydroxylation is 1. The number of benzene rings is 1. The van der Waals surface area contributed by atoms with Crippen molar-refractivity contribution in [1.29, 1.82) is 0 Å². The Bertz CT molecular complexity index is 610. The quantitative estimate of drug-likeness (QED) is 0.789. The van der Waals surface area contributed by atoms with Crippen molar-refractivity contribution < 1.29 is 17.9 Å². The van der Waals surface area contributed by atoms with E-state index in [0.29, 0.717) is 26.2 Å². The highest BCUT2D eigenvalue weighted by Crippen LogP contribution is 2.17. The molecule has 0 aliphatic carbocycles. The SMILES string of the molecule is Cc1cccc(OCCN(C)S(=O)(=O)N2CC(C)OC(C)C2)c1. The number of hydrogen-bond donors (Lipinski definition) is 0. The maximum Gasteiger partial charge on any atom is 0.282 e. The topological polar surface area (TPSA) is 59.1 Å². The summed E-state index contributed by atoms with van der Waals surface area (Å²) in [6.45, 7) is 7.15. The molecule has 1 fully saturated rings. The van der Waals surface area contributed by atoms with Gasteiger partial charge in [0.05, 0.1) is 12.2 Å². The fourth-order valence-electron chi connectivity index (χ4n) is 2.63. The number of likely N-dealkylation sites (N-methyl/N-ethyl adjacent to an activating group) is 1. The van der Waals surface area contributed by atoms with Crippen LogP contribution in [0.5, 0.6) is 5.75 Å². The van der Waals surface area contributed by atoms with Crippen LogP contribution in [0.1, 0.15) is 19.4 Å². The molecule has 0 bridgehead atoms. The van der Waals surface area contributed by atoms with Crippen LogP contribution in [0, 0.1) is 6.92 Å². The van der Waals surface area contributed by atoms with Crippen molar-refractivity contribution >= 4 is 10.2 Å². The van der Waals surface area contributed by atoms with Gasteiger partial charge in [0, 0.05) is 26.7 Å². The van der Waals surface area contributed by atoms with Gasteiger partial charge in [-0.1, -0.05) is 12.1 Å². The molecule has 2 unspecified atom stereocenters. The third-order valence-corrected chi connectivity index (χ3v) is 5.69. The number of morpholine rings is 1. The molecule has 6 nitrogen and oxygen atoms in total. The van der Waals surface area contributed by atoms with Crippen LogP contribution >= 0.6 is 0 Å². The molecule has 1 aliphatic heterocycles. The first-order valence-corrected chi connectivity index (χ1v) is 9.25. The van der Waals surface area contributed by atoms with Gasteiger partial charge in [0.25, 0.3) is 10.2 Å².